The van der Waals surface area contributed by atoms with Gasteiger partial charge in [-0.2, -0.15) is 0 Å². The van der Waals surface area contributed by atoms with E-state index in [-0.39, 0.29) is 6.04 Å². The lowest BCUT2D eigenvalue weighted by atomic mass is 10.0. The van der Waals surface area contributed by atoms with E-state index in [0.29, 0.717) is 10.2 Å². The highest BCUT2D eigenvalue weighted by Gasteiger charge is 2.12. The summed E-state index contributed by atoms with van der Waals surface area (Å²) in [4.78, 5) is 4.03. The average molecular weight is 268 g/mol. The van der Waals surface area contributed by atoms with E-state index in [1.54, 1.807) is 12.3 Å². The van der Waals surface area contributed by atoms with E-state index in [1.807, 2.05) is 30.3 Å². The lowest BCUT2D eigenvalue weighted by molar-refractivity contribution is 0.635. The molecule has 1 heterocycles. The summed E-state index contributed by atoms with van der Waals surface area (Å²) in [7, 11) is 0. The van der Waals surface area contributed by atoms with Crippen LogP contribution < -0.4 is 11.3 Å². The van der Waals surface area contributed by atoms with Gasteiger partial charge < -0.3 is 0 Å². The van der Waals surface area contributed by atoms with E-state index in [0.717, 1.165) is 11.1 Å². The Labute approximate surface area is 110 Å². The second-order valence-electron chi connectivity index (χ2n) is 3.57. The number of hydrazine groups is 1. The summed E-state index contributed by atoms with van der Waals surface area (Å²) in [5, 5.41) is 1.13. The molecule has 2 aromatic rings. The highest BCUT2D eigenvalue weighted by atomic mass is 35.5. The highest BCUT2D eigenvalue weighted by molar-refractivity contribution is 6.30. The molecule has 1 unspecified atom stereocenters. The molecular formula is C12H11Cl2N3. The molecule has 0 amide bonds. The third kappa shape index (κ3) is 2.96. The predicted molar refractivity (Wildman–Crippen MR) is 69.9 cm³/mol. The van der Waals surface area contributed by atoms with Crippen LogP contribution in [0.5, 0.6) is 0 Å². The first-order valence-electron chi connectivity index (χ1n) is 5.04. The van der Waals surface area contributed by atoms with Crippen LogP contribution in [0, 0.1) is 0 Å². The van der Waals surface area contributed by atoms with Crippen molar-refractivity contribution in [1.29, 1.82) is 0 Å². The van der Waals surface area contributed by atoms with Crippen molar-refractivity contribution in [2.45, 2.75) is 6.04 Å². The third-order valence-corrected chi connectivity index (χ3v) is 2.89. The molecule has 88 valence electrons. The van der Waals surface area contributed by atoms with E-state index in [9.17, 15) is 0 Å². The fraction of sp³-hybridized carbons (Fsp3) is 0.0833. The van der Waals surface area contributed by atoms with Gasteiger partial charge in [-0.15, -0.1) is 0 Å². The van der Waals surface area contributed by atoms with Gasteiger partial charge in [0.05, 0.1) is 6.04 Å². The molecule has 0 aliphatic heterocycles. The van der Waals surface area contributed by atoms with Gasteiger partial charge in [0.15, 0.2) is 0 Å². The number of aromatic nitrogens is 1. The first kappa shape index (κ1) is 12.3. The molecule has 3 N–H and O–H groups in total. The van der Waals surface area contributed by atoms with E-state index < -0.39 is 0 Å². The number of pyridine rings is 1. The van der Waals surface area contributed by atoms with Gasteiger partial charge in [0, 0.05) is 11.2 Å². The standard InChI is InChI=1S/C12H11Cl2N3/c13-10-3-1-2-8(6-10)12(17-15)9-4-5-11(14)16-7-9/h1-7,12,17H,15H2. The van der Waals surface area contributed by atoms with Crippen LogP contribution in [0.3, 0.4) is 0 Å². The normalized spacial score (nSPS) is 12.4. The Morgan fingerprint density at radius 3 is 2.53 bits per heavy atom. The fourth-order valence-corrected chi connectivity index (χ4v) is 1.94. The largest absolute Gasteiger partial charge is 0.271 e. The number of nitrogens with two attached hydrogens (primary N) is 1. The summed E-state index contributed by atoms with van der Waals surface area (Å²) in [6, 6.07) is 11.0. The number of hydrogen-bond acceptors (Lipinski definition) is 3. The van der Waals surface area contributed by atoms with Crippen molar-refractivity contribution in [1.82, 2.24) is 10.4 Å². The molecule has 0 bridgehead atoms. The monoisotopic (exact) mass is 267 g/mol. The molecule has 5 heteroatoms. The van der Waals surface area contributed by atoms with Crippen LogP contribution in [0.15, 0.2) is 42.6 Å². The summed E-state index contributed by atoms with van der Waals surface area (Å²) >= 11 is 11.7. The zero-order valence-corrected chi connectivity index (χ0v) is 10.4. The van der Waals surface area contributed by atoms with Gasteiger partial charge in [-0.1, -0.05) is 41.4 Å². The molecule has 0 fully saturated rings. The zero-order chi connectivity index (χ0) is 12.3. The second kappa shape index (κ2) is 5.47. The molecule has 0 radical (unpaired) electrons. The number of benzene rings is 1. The van der Waals surface area contributed by atoms with Crippen molar-refractivity contribution in [3.63, 3.8) is 0 Å². The SMILES string of the molecule is NNC(c1ccc(Cl)nc1)c1cccc(Cl)c1. The number of nitrogens with zero attached hydrogens (tertiary/aromatic N) is 1. The molecule has 0 saturated heterocycles. The Morgan fingerprint density at radius 1 is 1.12 bits per heavy atom. The Kier molecular flexibility index (Phi) is 3.97. The molecule has 1 aromatic carbocycles. The van der Waals surface area contributed by atoms with Crippen LogP contribution in [0.2, 0.25) is 10.2 Å². The minimum absolute atomic E-state index is 0.154. The maximum absolute atomic E-state index is 5.95. The summed E-state index contributed by atoms with van der Waals surface area (Å²) in [6.07, 6.45) is 1.69. The van der Waals surface area contributed by atoms with Gasteiger partial charge >= 0.3 is 0 Å². The van der Waals surface area contributed by atoms with Crippen LogP contribution in [-0.4, -0.2) is 4.98 Å². The van der Waals surface area contributed by atoms with Crippen LogP contribution in [0.4, 0.5) is 0 Å². The van der Waals surface area contributed by atoms with E-state index in [1.165, 1.54) is 0 Å². The molecule has 1 aromatic heterocycles. The van der Waals surface area contributed by atoms with Gasteiger partial charge in [0.25, 0.3) is 0 Å². The van der Waals surface area contributed by atoms with Crippen LogP contribution >= 0.6 is 23.2 Å². The van der Waals surface area contributed by atoms with Crippen LogP contribution in [-0.2, 0) is 0 Å². The number of hydrogen-bond donors (Lipinski definition) is 2. The average Bonchev–Trinajstić information content (AvgIpc) is 2.33. The third-order valence-electron chi connectivity index (χ3n) is 2.43. The summed E-state index contributed by atoms with van der Waals surface area (Å²) < 4.78 is 0. The molecular weight excluding hydrogens is 257 g/mol. The van der Waals surface area contributed by atoms with Gasteiger partial charge in [0.2, 0.25) is 0 Å². The predicted octanol–water partition coefficient (Wildman–Crippen LogP) is 2.94. The van der Waals surface area contributed by atoms with Crippen molar-refractivity contribution in [3.8, 4) is 0 Å². The first-order chi connectivity index (χ1) is 8.20. The first-order valence-corrected chi connectivity index (χ1v) is 5.79. The van der Waals surface area contributed by atoms with Crippen molar-refractivity contribution >= 4 is 23.2 Å². The molecule has 3 nitrogen and oxygen atoms in total. The maximum atomic E-state index is 5.95. The smallest absolute Gasteiger partial charge is 0.129 e. The minimum Gasteiger partial charge on any atom is -0.271 e. The zero-order valence-electron chi connectivity index (χ0n) is 8.90. The molecule has 0 aliphatic carbocycles. The van der Waals surface area contributed by atoms with Crippen molar-refractivity contribution in [2.24, 2.45) is 5.84 Å². The molecule has 2 rings (SSSR count). The van der Waals surface area contributed by atoms with Crippen molar-refractivity contribution in [2.75, 3.05) is 0 Å². The Bertz CT molecular complexity index is 499. The van der Waals surface area contributed by atoms with Crippen molar-refractivity contribution < 1.29 is 0 Å². The van der Waals surface area contributed by atoms with E-state index in [2.05, 4.69) is 10.4 Å². The lowest BCUT2D eigenvalue weighted by Gasteiger charge is -2.16. The topological polar surface area (TPSA) is 50.9 Å². The molecule has 17 heavy (non-hydrogen) atoms. The molecule has 0 aliphatic rings. The summed E-state index contributed by atoms with van der Waals surface area (Å²) in [5.41, 5.74) is 4.65. The van der Waals surface area contributed by atoms with Gasteiger partial charge in [-0.05, 0) is 29.3 Å². The lowest BCUT2D eigenvalue weighted by Crippen LogP contribution is -2.28. The van der Waals surface area contributed by atoms with Gasteiger partial charge in [-0.25, -0.2) is 10.4 Å². The number of rotatable bonds is 3. The number of halogens is 2. The van der Waals surface area contributed by atoms with E-state index >= 15 is 0 Å². The quantitative estimate of drug-likeness (QED) is 0.511. The van der Waals surface area contributed by atoms with Gasteiger partial charge in [0.1, 0.15) is 5.15 Å². The molecule has 0 saturated carbocycles. The highest BCUT2D eigenvalue weighted by Crippen LogP contribution is 2.23. The Hall–Kier alpha value is -1.13. The Morgan fingerprint density at radius 2 is 1.94 bits per heavy atom. The summed E-state index contributed by atoms with van der Waals surface area (Å²) in [6.45, 7) is 0. The summed E-state index contributed by atoms with van der Waals surface area (Å²) in [5.74, 6) is 5.57. The Balaban J connectivity index is 2.36. The van der Waals surface area contributed by atoms with Gasteiger partial charge in [-0.3, -0.25) is 5.84 Å². The molecule has 1 atom stereocenters. The second-order valence-corrected chi connectivity index (χ2v) is 4.39. The van der Waals surface area contributed by atoms with Crippen molar-refractivity contribution in [3.05, 3.63) is 63.9 Å². The molecule has 0 spiro atoms. The van der Waals surface area contributed by atoms with Crippen LogP contribution in [0.1, 0.15) is 17.2 Å². The van der Waals surface area contributed by atoms with E-state index in [4.69, 9.17) is 29.0 Å². The maximum Gasteiger partial charge on any atom is 0.129 e. The van der Waals surface area contributed by atoms with Crippen LogP contribution in [0.25, 0.3) is 0 Å². The minimum atomic E-state index is -0.154. The fourth-order valence-electron chi connectivity index (χ4n) is 1.63. The number of nitrogens with one attached hydrogen (secondary N) is 1.